The summed E-state index contributed by atoms with van der Waals surface area (Å²) in [6.07, 6.45) is 6.26. The van der Waals surface area contributed by atoms with Crippen molar-refractivity contribution in [3.05, 3.63) is 0 Å². The Kier molecular flexibility index (Phi) is 6.69. The van der Waals surface area contributed by atoms with Crippen LogP contribution in [0.3, 0.4) is 0 Å². The van der Waals surface area contributed by atoms with E-state index in [1.54, 1.807) is 0 Å². The monoisotopic (exact) mass is 296 g/mol. The highest BCUT2D eigenvalue weighted by molar-refractivity contribution is 6.35. The van der Waals surface area contributed by atoms with Gasteiger partial charge in [0.25, 0.3) is 0 Å². The zero-order valence-electron chi connectivity index (χ0n) is 14.3. The van der Waals surface area contributed by atoms with Gasteiger partial charge in [0.1, 0.15) is 0 Å². The van der Waals surface area contributed by atoms with Crippen LogP contribution in [0.1, 0.15) is 73.1 Å². The third kappa shape index (κ3) is 5.33. The first-order valence-corrected chi connectivity index (χ1v) is 8.41. The number of hydrogen-bond acceptors (Lipinski definition) is 2. The predicted molar refractivity (Wildman–Crippen MR) is 85.9 cm³/mol. The van der Waals surface area contributed by atoms with E-state index < -0.39 is 11.8 Å². The molecule has 21 heavy (non-hydrogen) atoms. The summed E-state index contributed by atoms with van der Waals surface area (Å²) in [5.41, 5.74) is 0.378. The Balaban J connectivity index is 2.39. The molecule has 1 atom stereocenters. The van der Waals surface area contributed by atoms with Gasteiger partial charge in [0.15, 0.2) is 0 Å². The van der Waals surface area contributed by atoms with Gasteiger partial charge in [-0.3, -0.25) is 9.59 Å². The van der Waals surface area contributed by atoms with Crippen molar-refractivity contribution < 1.29 is 9.59 Å². The third-order valence-corrected chi connectivity index (χ3v) is 5.27. The predicted octanol–water partition coefficient (Wildman–Crippen LogP) is 3.01. The fourth-order valence-corrected chi connectivity index (χ4v) is 2.95. The molecule has 0 aromatic rings. The maximum atomic E-state index is 11.9. The van der Waals surface area contributed by atoms with Gasteiger partial charge in [0.05, 0.1) is 0 Å². The standard InChI is InChI=1S/C17H32N2O2/c1-6-12(3)18-15(20)16(21)19-14-10-8-13(9-11-14)17(4,5)7-2/h12-14H,6-11H2,1-5H3,(H,18,20)(H,19,21)/t12-,13?,14?/m1/s1. The van der Waals surface area contributed by atoms with Crippen LogP contribution in [0.5, 0.6) is 0 Å². The van der Waals surface area contributed by atoms with Crippen LogP contribution in [-0.4, -0.2) is 23.9 Å². The second kappa shape index (κ2) is 7.81. The fraction of sp³-hybridized carbons (Fsp3) is 0.882. The van der Waals surface area contributed by atoms with Crippen LogP contribution in [0.4, 0.5) is 0 Å². The van der Waals surface area contributed by atoms with Crippen LogP contribution >= 0.6 is 0 Å². The quantitative estimate of drug-likeness (QED) is 0.766. The summed E-state index contributed by atoms with van der Waals surface area (Å²) in [7, 11) is 0. The Morgan fingerprint density at radius 2 is 1.67 bits per heavy atom. The lowest BCUT2D eigenvalue weighted by molar-refractivity contribution is -0.140. The van der Waals surface area contributed by atoms with E-state index in [9.17, 15) is 9.59 Å². The third-order valence-electron chi connectivity index (χ3n) is 5.27. The summed E-state index contributed by atoms with van der Waals surface area (Å²) in [5.74, 6) is -0.251. The molecule has 1 aliphatic rings. The Labute approximate surface area is 129 Å². The van der Waals surface area contributed by atoms with Crippen LogP contribution in [-0.2, 0) is 9.59 Å². The summed E-state index contributed by atoms with van der Waals surface area (Å²) in [4.78, 5) is 23.6. The molecule has 0 spiro atoms. The molecule has 0 radical (unpaired) electrons. The summed E-state index contributed by atoms with van der Waals surface area (Å²) in [6.45, 7) is 10.8. The molecule has 122 valence electrons. The minimum absolute atomic E-state index is 0.0457. The number of rotatable bonds is 5. The van der Waals surface area contributed by atoms with Gasteiger partial charge in [-0.1, -0.05) is 34.1 Å². The van der Waals surface area contributed by atoms with Crippen molar-refractivity contribution in [2.75, 3.05) is 0 Å². The van der Waals surface area contributed by atoms with Gasteiger partial charge in [-0.15, -0.1) is 0 Å². The first-order chi connectivity index (χ1) is 9.80. The van der Waals surface area contributed by atoms with E-state index in [0.717, 1.165) is 38.0 Å². The van der Waals surface area contributed by atoms with Crippen molar-refractivity contribution in [2.24, 2.45) is 11.3 Å². The molecular formula is C17H32N2O2. The summed E-state index contributed by atoms with van der Waals surface area (Å²) in [5, 5.41) is 5.60. The van der Waals surface area contributed by atoms with E-state index >= 15 is 0 Å². The average Bonchev–Trinajstić information content (AvgIpc) is 2.47. The van der Waals surface area contributed by atoms with Gasteiger partial charge in [0.2, 0.25) is 0 Å². The molecule has 2 amide bonds. The zero-order chi connectivity index (χ0) is 16.0. The van der Waals surface area contributed by atoms with Crippen molar-refractivity contribution in [1.82, 2.24) is 10.6 Å². The van der Waals surface area contributed by atoms with Crippen molar-refractivity contribution in [2.45, 2.75) is 85.2 Å². The number of hydrogen-bond donors (Lipinski definition) is 2. The Morgan fingerprint density at radius 3 is 2.14 bits per heavy atom. The maximum absolute atomic E-state index is 11.9. The van der Waals surface area contributed by atoms with Crippen molar-refractivity contribution in [3.63, 3.8) is 0 Å². The number of carbonyl (C=O) groups is 2. The van der Waals surface area contributed by atoms with Gasteiger partial charge in [-0.25, -0.2) is 0 Å². The second-order valence-corrected chi connectivity index (χ2v) is 7.15. The molecule has 4 heteroatoms. The van der Waals surface area contributed by atoms with Gasteiger partial charge in [0, 0.05) is 12.1 Å². The fourth-order valence-electron chi connectivity index (χ4n) is 2.95. The van der Waals surface area contributed by atoms with Crippen LogP contribution in [0.25, 0.3) is 0 Å². The minimum atomic E-state index is -0.500. The molecule has 0 aromatic heterocycles. The van der Waals surface area contributed by atoms with E-state index in [-0.39, 0.29) is 12.1 Å². The van der Waals surface area contributed by atoms with Gasteiger partial charge < -0.3 is 10.6 Å². The van der Waals surface area contributed by atoms with Crippen molar-refractivity contribution >= 4 is 11.8 Å². The molecule has 0 unspecified atom stereocenters. The highest BCUT2D eigenvalue weighted by Gasteiger charge is 2.32. The van der Waals surface area contributed by atoms with Crippen LogP contribution in [0, 0.1) is 11.3 Å². The van der Waals surface area contributed by atoms with Crippen molar-refractivity contribution in [1.29, 1.82) is 0 Å². The topological polar surface area (TPSA) is 58.2 Å². The van der Waals surface area contributed by atoms with Crippen LogP contribution in [0.15, 0.2) is 0 Å². The zero-order valence-corrected chi connectivity index (χ0v) is 14.3. The molecule has 1 rings (SSSR count). The maximum Gasteiger partial charge on any atom is 0.309 e. The van der Waals surface area contributed by atoms with Gasteiger partial charge in [-0.05, 0) is 50.4 Å². The number of nitrogens with one attached hydrogen (secondary N) is 2. The Bertz CT molecular complexity index is 358. The van der Waals surface area contributed by atoms with Gasteiger partial charge in [-0.2, -0.15) is 0 Å². The molecule has 0 bridgehead atoms. The van der Waals surface area contributed by atoms with Crippen molar-refractivity contribution in [3.8, 4) is 0 Å². The molecule has 0 aromatic carbocycles. The molecule has 0 heterocycles. The van der Waals surface area contributed by atoms with E-state index in [1.807, 2.05) is 13.8 Å². The van der Waals surface area contributed by atoms with Crippen LogP contribution in [0.2, 0.25) is 0 Å². The molecule has 2 N–H and O–H groups in total. The smallest absolute Gasteiger partial charge is 0.309 e. The Hall–Kier alpha value is -1.06. The minimum Gasteiger partial charge on any atom is -0.345 e. The average molecular weight is 296 g/mol. The van der Waals surface area contributed by atoms with Crippen LogP contribution < -0.4 is 10.6 Å². The number of amides is 2. The highest BCUT2D eigenvalue weighted by Crippen LogP contribution is 2.40. The molecule has 1 fully saturated rings. The lowest BCUT2D eigenvalue weighted by Crippen LogP contribution is -2.48. The molecule has 4 nitrogen and oxygen atoms in total. The van der Waals surface area contributed by atoms with E-state index in [1.165, 1.54) is 6.42 Å². The van der Waals surface area contributed by atoms with Gasteiger partial charge >= 0.3 is 11.8 Å². The second-order valence-electron chi connectivity index (χ2n) is 7.15. The molecule has 0 saturated heterocycles. The summed E-state index contributed by atoms with van der Waals surface area (Å²) in [6, 6.07) is 0.202. The molecule has 1 saturated carbocycles. The lowest BCUT2D eigenvalue weighted by Gasteiger charge is -2.39. The van der Waals surface area contributed by atoms with E-state index in [4.69, 9.17) is 0 Å². The largest absolute Gasteiger partial charge is 0.345 e. The normalized spacial score (nSPS) is 24.2. The van der Waals surface area contributed by atoms with E-state index in [0.29, 0.717) is 5.41 Å². The highest BCUT2D eigenvalue weighted by atomic mass is 16.2. The summed E-state index contributed by atoms with van der Waals surface area (Å²) < 4.78 is 0. The van der Waals surface area contributed by atoms with E-state index in [2.05, 4.69) is 31.4 Å². The lowest BCUT2D eigenvalue weighted by atomic mass is 9.69. The first-order valence-electron chi connectivity index (χ1n) is 8.41. The first kappa shape index (κ1) is 18.0. The molecule has 1 aliphatic carbocycles. The molecular weight excluding hydrogens is 264 g/mol. The SMILES string of the molecule is CC[C@@H](C)NC(=O)C(=O)NC1CCC(C(C)(C)CC)CC1. The molecule has 0 aliphatic heterocycles. The number of carbonyl (C=O) groups excluding carboxylic acids is 2. The Morgan fingerprint density at radius 1 is 1.10 bits per heavy atom. The summed E-state index contributed by atoms with van der Waals surface area (Å²) >= 11 is 0.